The quantitative estimate of drug-likeness (QED) is 0.777. The molecule has 0 unspecified atom stereocenters. The van der Waals surface area contributed by atoms with Crippen molar-refractivity contribution in [3.05, 3.63) is 36.3 Å². The molecule has 0 aliphatic rings. The van der Waals surface area contributed by atoms with Gasteiger partial charge in [0, 0.05) is 24.7 Å². The average molecular weight is 223 g/mol. The van der Waals surface area contributed by atoms with Gasteiger partial charge in [-0.05, 0) is 19.9 Å². The van der Waals surface area contributed by atoms with E-state index in [4.69, 9.17) is 5.73 Å². The average Bonchev–Trinajstić information content (AvgIpc) is 2.26. The lowest BCUT2D eigenvalue weighted by Crippen LogP contribution is -2.32. The van der Waals surface area contributed by atoms with Crippen molar-refractivity contribution >= 4 is 5.82 Å². The standard InChI is InChI=1S/C12H18FN3/c1-4-5-16(9(2)3)12-10(7-14)6-11(13)8-15-12/h4,6,8-9H,1,5,7,14H2,2-3H3. The van der Waals surface area contributed by atoms with Crippen molar-refractivity contribution < 1.29 is 4.39 Å². The summed E-state index contributed by atoms with van der Waals surface area (Å²) >= 11 is 0. The highest BCUT2D eigenvalue weighted by molar-refractivity contribution is 5.48. The second-order valence-corrected chi connectivity index (χ2v) is 3.88. The number of nitrogens with two attached hydrogens (primary N) is 1. The molecule has 0 aromatic carbocycles. The highest BCUT2D eigenvalue weighted by Crippen LogP contribution is 2.20. The van der Waals surface area contributed by atoms with Crippen LogP contribution in [0.5, 0.6) is 0 Å². The Morgan fingerprint density at radius 3 is 2.81 bits per heavy atom. The van der Waals surface area contributed by atoms with Crippen LogP contribution >= 0.6 is 0 Å². The van der Waals surface area contributed by atoms with Crippen LogP contribution in [-0.2, 0) is 6.54 Å². The molecule has 0 fully saturated rings. The Morgan fingerprint density at radius 2 is 2.31 bits per heavy atom. The maximum atomic E-state index is 13.0. The maximum Gasteiger partial charge on any atom is 0.141 e. The van der Waals surface area contributed by atoms with E-state index in [1.165, 1.54) is 12.3 Å². The van der Waals surface area contributed by atoms with Crippen LogP contribution in [0.4, 0.5) is 10.2 Å². The molecule has 0 bridgehead atoms. The number of rotatable bonds is 5. The van der Waals surface area contributed by atoms with Crippen molar-refractivity contribution in [2.45, 2.75) is 26.4 Å². The normalized spacial score (nSPS) is 10.6. The summed E-state index contributed by atoms with van der Waals surface area (Å²) in [6.45, 7) is 8.76. The van der Waals surface area contributed by atoms with E-state index in [1.54, 1.807) is 6.08 Å². The molecule has 16 heavy (non-hydrogen) atoms. The second-order valence-electron chi connectivity index (χ2n) is 3.88. The van der Waals surface area contributed by atoms with Gasteiger partial charge in [-0.3, -0.25) is 0 Å². The van der Waals surface area contributed by atoms with Crippen LogP contribution in [0.25, 0.3) is 0 Å². The molecule has 1 aromatic heterocycles. The largest absolute Gasteiger partial charge is 0.350 e. The van der Waals surface area contributed by atoms with Crippen molar-refractivity contribution in [3.8, 4) is 0 Å². The number of pyridine rings is 1. The molecule has 1 aromatic rings. The van der Waals surface area contributed by atoms with E-state index in [-0.39, 0.29) is 18.4 Å². The molecule has 0 saturated heterocycles. The Balaban J connectivity index is 3.12. The highest BCUT2D eigenvalue weighted by atomic mass is 19.1. The summed E-state index contributed by atoms with van der Waals surface area (Å²) in [7, 11) is 0. The molecule has 1 rings (SSSR count). The van der Waals surface area contributed by atoms with E-state index in [0.717, 1.165) is 11.4 Å². The fraction of sp³-hybridized carbons (Fsp3) is 0.417. The van der Waals surface area contributed by atoms with E-state index in [9.17, 15) is 4.39 Å². The maximum absolute atomic E-state index is 13.0. The minimum atomic E-state index is -0.355. The monoisotopic (exact) mass is 223 g/mol. The first-order valence-corrected chi connectivity index (χ1v) is 5.32. The molecule has 88 valence electrons. The summed E-state index contributed by atoms with van der Waals surface area (Å²) in [5.74, 6) is 0.380. The summed E-state index contributed by atoms with van der Waals surface area (Å²) in [6, 6.07) is 1.70. The van der Waals surface area contributed by atoms with E-state index in [0.29, 0.717) is 6.54 Å². The van der Waals surface area contributed by atoms with Gasteiger partial charge in [-0.15, -0.1) is 6.58 Å². The predicted molar refractivity (Wildman–Crippen MR) is 64.8 cm³/mol. The predicted octanol–water partition coefficient (Wildman–Crippen LogP) is 2.08. The Morgan fingerprint density at radius 1 is 1.62 bits per heavy atom. The molecule has 0 amide bonds. The summed E-state index contributed by atoms with van der Waals surface area (Å²) in [6.07, 6.45) is 3.01. The van der Waals surface area contributed by atoms with Crippen LogP contribution in [0.1, 0.15) is 19.4 Å². The van der Waals surface area contributed by atoms with E-state index in [2.05, 4.69) is 25.4 Å². The number of halogens is 1. The summed E-state index contributed by atoms with van der Waals surface area (Å²) in [5, 5.41) is 0. The number of aromatic nitrogens is 1. The van der Waals surface area contributed by atoms with Crippen molar-refractivity contribution in [3.63, 3.8) is 0 Å². The lowest BCUT2D eigenvalue weighted by Gasteiger charge is -2.28. The first-order valence-electron chi connectivity index (χ1n) is 5.32. The molecule has 3 nitrogen and oxygen atoms in total. The van der Waals surface area contributed by atoms with Crippen molar-refractivity contribution in [1.82, 2.24) is 4.98 Å². The third-order valence-electron chi connectivity index (χ3n) is 2.35. The summed E-state index contributed by atoms with van der Waals surface area (Å²) in [4.78, 5) is 6.15. The van der Waals surface area contributed by atoms with Crippen LogP contribution < -0.4 is 10.6 Å². The van der Waals surface area contributed by atoms with Gasteiger partial charge in [0.2, 0.25) is 0 Å². The number of hydrogen-bond donors (Lipinski definition) is 1. The Kier molecular flexibility index (Phi) is 4.43. The smallest absolute Gasteiger partial charge is 0.141 e. The summed E-state index contributed by atoms with van der Waals surface area (Å²) < 4.78 is 13.0. The summed E-state index contributed by atoms with van der Waals surface area (Å²) in [5.41, 5.74) is 6.31. The number of anilines is 1. The molecule has 0 radical (unpaired) electrons. The zero-order chi connectivity index (χ0) is 12.1. The molecule has 0 aliphatic carbocycles. The molecule has 4 heteroatoms. The van der Waals surface area contributed by atoms with Gasteiger partial charge in [0.05, 0.1) is 6.20 Å². The van der Waals surface area contributed by atoms with Gasteiger partial charge in [-0.25, -0.2) is 9.37 Å². The molecule has 0 saturated carbocycles. The van der Waals surface area contributed by atoms with Crippen molar-refractivity contribution in [1.29, 1.82) is 0 Å². The third-order valence-corrected chi connectivity index (χ3v) is 2.35. The zero-order valence-corrected chi connectivity index (χ0v) is 9.78. The van der Waals surface area contributed by atoms with Gasteiger partial charge in [0.15, 0.2) is 0 Å². The molecule has 1 heterocycles. The van der Waals surface area contributed by atoms with Crippen molar-refractivity contribution in [2.75, 3.05) is 11.4 Å². The highest BCUT2D eigenvalue weighted by Gasteiger charge is 2.14. The Labute approximate surface area is 95.8 Å². The molecule has 2 N–H and O–H groups in total. The van der Waals surface area contributed by atoms with Crippen LogP contribution in [0.3, 0.4) is 0 Å². The lowest BCUT2D eigenvalue weighted by atomic mass is 10.2. The van der Waals surface area contributed by atoms with Gasteiger partial charge in [0.1, 0.15) is 11.6 Å². The van der Waals surface area contributed by atoms with Gasteiger partial charge in [0.25, 0.3) is 0 Å². The Bertz CT molecular complexity index is 363. The minimum absolute atomic E-state index is 0.265. The van der Waals surface area contributed by atoms with Crippen molar-refractivity contribution in [2.24, 2.45) is 5.73 Å². The number of nitrogens with zero attached hydrogens (tertiary/aromatic N) is 2. The topological polar surface area (TPSA) is 42.2 Å². The molecular weight excluding hydrogens is 205 g/mol. The van der Waals surface area contributed by atoms with Crippen LogP contribution in [0.2, 0.25) is 0 Å². The van der Waals surface area contributed by atoms with Gasteiger partial charge in [-0.1, -0.05) is 6.08 Å². The van der Waals surface area contributed by atoms with E-state index >= 15 is 0 Å². The zero-order valence-electron chi connectivity index (χ0n) is 9.78. The van der Waals surface area contributed by atoms with Crippen LogP contribution in [-0.4, -0.2) is 17.6 Å². The van der Waals surface area contributed by atoms with Crippen LogP contribution in [0, 0.1) is 5.82 Å². The SMILES string of the molecule is C=CCN(c1ncc(F)cc1CN)C(C)C. The molecule has 0 spiro atoms. The van der Waals surface area contributed by atoms with E-state index in [1.807, 2.05) is 4.90 Å². The van der Waals surface area contributed by atoms with Crippen LogP contribution in [0.15, 0.2) is 24.9 Å². The molecular formula is C12H18FN3. The first kappa shape index (κ1) is 12.6. The third kappa shape index (κ3) is 2.79. The Hall–Kier alpha value is -1.42. The second kappa shape index (κ2) is 5.61. The first-order chi connectivity index (χ1) is 7.60. The van der Waals surface area contributed by atoms with Gasteiger partial charge in [-0.2, -0.15) is 0 Å². The molecule has 0 atom stereocenters. The fourth-order valence-electron chi connectivity index (χ4n) is 1.56. The van der Waals surface area contributed by atoms with Gasteiger partial charge >= 0.3 is 0 Å². The fourth-order valence-corrected chi connectivity index (χ4v) is 1.56. The van der Waals surface area contributed by atoms with Gasteiger partial charge < -0.3 is 10.6 Å². The molecule has 0 aliphatic heterocycles. The number of hydrogen-bond acceptors (Lipinski definition) is 3. The minimum Gasteiger partial charge on any atom is -0.350 e. The van der Waals surface area contributed by atoms with E-state index < -0.39 is 0 Å². The lowest BCUT2D eigenvalue weighted by molar-refractivity contribution is 0.614.